The first-order chi connectivity index (χ1) is 18.4. The minimum atomic E-state index is -1.43. The van der Waals surface area contributed by atoms with Gasteiger partial charge in [0.2, 0.25) is 0 Å². The van der Waals surface area contributed by atoms with Crippen LogP contribution in [0, 0.1) is 28.6 Å². The van der Waals surface area contributed by atoms with Crippen LogP contribution in [-0.2, 0) is 23.8 Å². The van der Waals surface area contributed by atoms with E-state index in [2.05, 4.69) is 6.92 Å². The summed E-state index contributed by atoms with van der Waals surface area (Å²) >= 11 is 0. The Bertz CT molecular complexity index is 1050. The van der Waals surface area contributed by atoms with Crippen LogP contribution >= 0.6 is 0 Å². The zero-order valence-electron chi connectivity index (χ0n) is 22.7. The maximum Gasteiger partial charge on any atom is 0.331 e. The predicted molar refractivity (Wildman–Crippen MR) is 135 cm³/mol. The lowest BCUT2D eigenvalue weighted by Gasteiger charge is -2.65. The van der Waals surface area contributed by atoms with Crippen molar-refractivity contribution in [2.75, 3.05) is 6.61 Å². The molecule has 39 heavy (non-hydrogen) atoms. The molecule has 0 unspecified atom stereocenters. The Hall–Kier alpha value is -1.40. The normalized spacial score (nSPS) is 55.2. The summed E-state index contributed by atoms with van der Waals surface area (Å²) in [7, 11) is 0. The number of hydrogen-bond acceptors (Lipinski definition) is 10. The topological polar surface area (TPSA) is 163 Å². The van der Waals surface area contributed by atoms with Gasteiger partial charge in [-0.3, -0.25) is 0 Å². The van der Waals surface area contributed by atoms with Crippen LogP contribution in [-0.4, -0.2) is 92.4 Å². The van der Waals surface area contributed by atoms with Crippen LogP contribution in [0.4, 0.5) is 0 Å². The highest BCUT2D eigenvalue weighted by molar-refractivity contribution is 5.85. The SMILES string of the molecule is C[C@@H]1O[C@@H](O[C@H]2CC[C@]3(C=O)[C@H]4CC[C@]5(C)[C@@H](C6=CC(=O)OC6)CC[C@]5(O)[C@@H]4CC[C@]3(O)C2)[C@H](O)[C@H](O)[C@H]1O. The Morgan fingerprint density at radius 3 is 2.41 bits per heavy atom. The number of fused-ring (bicyclic) bond motifs is 5. The third-order valence-corrected chi connectivity index (χ3v) is 12.0. The van der Waals surface area contributed by atoms with Crippen molar-refractivity contribution in [1.29, 1.82) is 0 Å². The van der Waals surface area contributed by atoms with Gasteiger partial charge in [-0.2, -0.15) is 0 Å². The summed E-state index contributed by atoms with van der Waals surface area (Å²) in [6, 6.07) is 0. The molecule has 13 atom stereocenters. The summed E-state index contributed by atoms with van der Waals surface area (Å²) in [4.78, 5) is 24.8. The number of ether oxygens (including phenoxy) is 3. The van der Waals surface area contributed by atoms with Gasteiger partial charge in [0.1, 0.15) is 31.2 Å². The second-order valence-electron chi connectivity index (χ2n) is 13.4. The number of carbonyl (C=O) groups is 2. The van der Waals surface area contributed by atoms with Gasteiger partial charge >= 0.3 is 5.97 Å². The molecule has 4 aliphatic carbocycles. The van der Waals surface area contributed by atoms with E-state index in [1.807, 2.05) is 0 Å². The first-order valence-electron chi connectivity index (χ1n) is 14.5. The number of rotatable bonds is 4. The summed E-state index contributed by atoms with van der Waals surface area (Å²) in [6.45, 7) is 3.98. The van der Waals surface area contributed by atoms with Gasteiger partial charge in [-0.15, -0.1) is 0 Å². The highest BCUT2D eigenvalue weighted by Gasteiger charge is 2.71. The molecule has 0 spiro atoms. The molecule has 218 valence electrons. The number of aliphatic hydroxyl groups excluding tert-OH is 3. The van der Waals surface area contributed by atoms with Crippen molar-refractivity contribution in [2.24, 2.45) is 28.6 Å². The first-order valence-corrected chi connectivity index (χ1v) is 14.5. The van der Waals surface area contributed by atoms with Crippen LogP contribution in [0.1, 0.15) is 71.6 Å². The minimum Gasteiger partial charge on any atom is -0.458 e. The van der Waals surface area contributed by atoms with Crippen LogP contribution in [0.2, 0.25) is 0 Å². The number of hydrogen-bond donors (Lipinski definition) is 5. The van der Waals surface area contributed by atoms with Crippen molar-refractivity contribution in [3.05, 3.63) is 11.6 Å². The van der Waals surface area contributed by atoms with Crippen molar-refractivity contribution in [2.45, 2.75) is 120 Å². The molecule has 1 saturated heterocycles. The maximum atomic E-state index is 13.0. The highest BCUT2D eigenvalue weighted by atomic mass is 16.7. The monoisotopic (exact) mass is 550 g/mol. The van der Waals surface area contributed by atoms with E-state index in [1.165, 1.54) is 0 Å². The van der Waals surface area contributed by atoms with Gasteiger partial charge in [-0.1, -0.05) is 6.92 Å². The Labute approximate surface area is 228 Å². The van der Waals surface area contributed by atoms with E-state index >= 15 is 0 Å². The van der Waals surface area contributed by atoms with Gasteiger partial charge in [-0.25, -0.2) is 4.79 Å². The maximum absolute atomic E-state index is 13.0. The summed E-state index contributed by atoms with van der Waals surface area (Å²) in [5.41, 5.74) is -2.86. The summed E-state index contributed by atoms with van der Waals surface area (Å²) in [6.07, 6.45) is 0.689. The Balaban J connectivity index is 1.22. The van der Waals surface area contributed by atoms with E-state index in [4.69, 9.17) is 14.2 Å². The Morgan fingerprint density at radius 1 is 0.974 bits per heavy atom. The van der Waals surface area contributed by atoms with Crippen LogP contribution < -0.4 is 0 Å². The van der Waals surface area contributed by atoms with Crippen molar-refractivity contribution >= 4 is 12.3 Å². The second-order valence-corrected chi connectivity index (χ2v) is 13.4. The Kier molecular flexibility index (Phi) is 6.62. The molecule has 5 N–H and O–H groups in total. The smallest absolute Gasteiger partial charge is 0.331 e. The molecule has 0 aromatic carbocycles. The fourth-order valence-corrected chi connectivity index (χ4v) is 9.75. The number of esters is 1. The highest BCUT2D eigenvalue weighted by Crippen LogP contribution is 2.70. The van der Waals surface area contributed by atoms with Crippen molar-refractivity contribution in [3.63, 3.8) is 0 Å². The minimum absolute atomic E-state index is 0.0465. The van der Waals surface area contributed by atoms with Gasteiger partial charge < -0.3 is 44.5 Å². The number of carbonyl (C=O) groups excluding carboxylic acids is 2. The zero-order chi connectivity index (χ0) is 28.0. The van der Waals surface area contributed by atoms with E-state index in [9.17, 15) is 35.1 Å². The third-order valence-electron chi connectivity index (χ3n) is 12.0. The fraction of sp³-hybridized carbons (Fsp3) is 0.862. The number of cyclic esters (lactones) is 1. The standard InChI is InChI=1S/C29H42O10/c1-15-22(32)23(33)24(34)25(38-15)39-17-3-8-27(14-30)19-4-7-26(2)18(16-11-21(31)37-13-16)6-10-29(26,36)20(19)5-9-28(27,35)12-17/h11,14-15,17-20,22-25,32-36H,3-10,12-13H2,1-2H3/t15-,17-,18+,19-,20+,22-,23+,24+,25-,26+,27-,28-,29-/m0/s1. The lowest BCUT2D eigenvalue weighted by atomic mass is 9.41. The van der Waals surface area contributed by atoms with E-state index < -0.39 is 58.8 Å². The largest absolute Gasteiger partial charge is 0.458 e. The average molecular weight is 551 g/mol. The zero-order valence-corrected chi connectivity index (χ0v) is 22.7. The van der Waals surface area contributed by atoms with Gasteiger partial charge in [0, 0.05) is 17.9 Å². The third kappa shape index (κ3) is 3.78. The molecule has 0 bridgehead atoms. The predicted octanol–water partition coefficient (Wildman–Crippen LogP) is 0.750. The Morgan fingerprint density at radius 2 is 1.72 bits per heavy atom. The molecule has 6 aliphatic rings. The molecule has 0 aromatic heterocycles. The molecule has 5 fully saturated rings. The molecular weight excluding hydrogens is 508 g/mol. The fourth-order valence-electron chi connectivity index (χ4n) is 9.75. The van der Waals surface area contributed by atoms with Crippen molar-refractivity contribution < 1.29 is 49.3 Å². The number of aldehydes is 1. The molecule has 0 amide bonds. The molecule has 2 aliphatic heterocycles. The quantitative estimate of drug-likeness (QED) is 0.192. The lowest BCUT2D eigenvalue weighted by Crippen LogP contribution is -2.69. The average Bonchev–Trinajstić information content (AvgIpc) is 3.45. The van der Waals surface area contributed by atoms with Gasteiger partial charge in [-0.05, 0) is 81.6 Å². The van der Waals surface area contributed by atoms with E-state index in [-0.39, 0.29) is 36.8 Å². The van der Waals surface area contributed by atoms with Crippen molar-refractivity contribution in [3.8, 4) is 0 Å². The molecule has 0 aromatic rings. The van der Waals surface area contributed by atoms with Crippen molar-refractivity contribution in [1.82, 2.24) is 0 Å². The van der Waals surface area contributed by atoms with E-state index in [0.717, 1.165) is 18.3 Å². The molecule has 4 saturated carbocycles. The summed E-state index contributed by atoms with van der Waals surface area (Å²) in [5, 5.41) is 55.0. The van der Waals surface area contributed by atoms with Gasteiger partial charge in [0.15, 0.2) is 6.29 Å². The summed E-state index contributed by atoms with van der Waals surface area (Å²) in [5.74, 6) is -0.616. The van der Waals surface area contributed by atoms with Crippen LogP contribution in [0.3, 0.4) is 0 Å². The second kappa shape index (κ2) is 9.31. The molecule has 10 nitrogen and oxygen atoms in total. The van der Waals surface area contributed by atoms with Gasteiger partial charge in [0.05, 0.1) is 28.8 Å². The molecular formula is C29H42O10. The van der Waals surface area contributed by atoms with Crippen LogP contribution in [0.15, 0.2) is 11.6 Å². The molecule has 0 radical (unpaired) electrons. The molecule has 10 heteroatoms. The molecule has 2 heterocycles. The van der Waals surface area contributed by atoms with E-state index in [1.54, 1.807) is 13.0 Å². The van der Waals surface area contributed by atoms with Crippen LogP contribution in [0.5, 0.6) is 0 Å². The molecule has 6 rings (SSSR count). The van der Waals surface area contributed by atoms with E-state index in [0.29, 0.717) is 44.9 Å². The number of aliphatic hydroxyl groups is 5. The summed E-state index contributed by atoms with van der Waals surface area (Å²) < 4.78 is 16.9. The lowest BCUT2D eigenvalue weighted by molar-refractivity contribution is -0.317. The van der Waals surface area contributed by atoms with Crippen LogP contribution in [0.25, 0.3) is 0 Å². The van der Waals surface area contributed by atoms with Gasteiger partial charge in [0.25, 0.3) is 0 Å². The first kappa shape index (κ1) is 27.8.